The van der Waals surface area contributed by atoms with Gasteiger partial charge in [-0.1, -0.05) is 24.3 Å². The number of aliphatic hydroxyl groups excluding tert-OH is 5. The number of hydrogen-bond acceptors (Lipinski definition) is 9. The normalized spacial score (nSPS) is 17.1. The third-order valence-corrected chi connectivity index (χ3v) is 3.25. The van der Waals surface area contributed by atoms with Crippen LogP contribution in [0.4, 0.5) is 5.82 Å². The third-order valence-electron chi connectivity index (χ3n) is 3.25. The first kappa shape index (κ1) is 17.2. The van der Waals surface area contributed by atoms with Gasteiger partial charge in [-0.05, 0) is 0 Å². The lowest BCUT2D eigenvalue weighted by molar-refractivity contribution is -0.0999. The first-order valence-electron chi connectivity index (χ1n) is 6.87. The lowest BCUT2D eigenvalue weighted by Gasteiger charge is -2.23. The van der Waals surface area contributed by atoms with Gasteiger partial charge in [-0.3, -0.25) is 5.43 Å². The third kappa shape index (κ3) is 4.18. The van der Waals surface area contributed by atoms with E-state index in [1.165, 1.54) is 0 Å². The van der Waals surface area contributed by atoms with Crippen molar-refractivity contribution >= 4 is 22.8 Å². The van der Waals surface area contributed by atoms with Crippen molar-refractivity contribution in [2.45, 2.75) is 24.4 Å². The van der Waals surface area contributed by atoms with Gasteiger partial charge >= 0.3 is 0 Å². The molecule has 0 bridgehead atoms. The van der Waals surface area contributed by atoms with Crippen molar-refractivity contribution in [3.05, 3.63) is 30.5 Å². The molecule has 2 aromatic rings. The number of hydrogen-bond donors (Lipinski definition) is 6. The van der Waals surface area contributed by atoms with Gasteiger partial charge in [-0.15, -0.1) is 5.10 Å². The van der Waals surface area contributed by atoms with Crippen molar-refractivity contribution in [1.82, 2.24) is 10.2 Å². The van der Waals surface area contributed by atoms with E-state index >= 15 is 0 Å². The molecule has 0 saturated heterocycles. The van der Waals surface area contributed by atoms with Crippen LogP contribution < -0.4 is 5.43 Å². The number of fused-ring (bicyclic) bond motifs is 1. The van der Waals surface area contributed by atoms with Gasteiger partial charge in [0.05, 0.1) is 19.0 Å². The maximum atomic E-state index is 9.70. The molecule has 4 atom stereocenters. The molecule has 9 nitrogen and oxygen atoms in total. The molecule has 0 aliphatic heterocycles. The minimum absolute atomic E-state index is 0.358. The van der Waals surface area contributed by atoms with E-state index in [1.54, 1.807) is 6.20 Å². The first-order chi connectivity index (χ1) is 11.0. The second-order valence-electron chi connectivity index (χ2n) is 4.89. The summed E-state index contributed by atoms with van der Waals surface area (Å²) in [5.74, 6) is 0.358. The van der Waals surface area contributed by atoms with Crippen molar-refractivity contribution in [2.24, 2.45) is 5.10 Å². The van der Waals surface area contributed by atoms with Gasteiger partial charge in [0.15, 0.2) is 5.82 Å². The van der Waals surface area contributed by atoms with E-state index in [0.29, 0.717) is 5.82 Å². The number of nitrogens with zero attached hydrogens (tertiary/aromatic N) is 3. The Bertz CT molecular complexity index is 663. The van der Waals surface area contributed by atoms with E-state index in [2.05, 4.69) is 20.7 Å². The molecule has 9 heteroatoms. The van der Waals surface area contributed by atoms with Crippen molar-refractivity contribution in [1.29, 1.82) is 0 Å². The Morgan fingerprint density at radius 1 is 1.13 bits per heavy atom. The SMILES string of the molecule is OCC(O)C(O)C(O)C(O)/C=N/Nc1nncc2ccccc12. The van der Waals surface area contributed by atoms with E-state index in [9.17, 15) is 20.4 Å². The molecule has 23 heavy (non-hydrogen) atoms. The van der Waals surface area contributed by atoms with Crippen LogP contribution in [0.5, 0.6) is 0 Å². The van der Waals surface area contributed by atoms with Gasteiger partial charge in [-0.25, -0.2) is 0 Å². The molecule has 6 N–H and O–H groups in total. The van der Waals surface area contributed by atoms with Crippen molar-refractivity contribution in [3.63, 3.8) is 0 Å². The van der Waals surface area contributed by atoms with E-state index in [0.717, 1.165) is 17.0 Å². The van der Waals surface area contributed by atoms with Crippen LogP contribution in [0.15, 0.2) is 35.6 Å². The summed E-state index contributed by atoms with van der Waals surface area (Å²) >= 11 is 0. The van der Waals surface area contributed by atoms with E-state index in [-0.39, 0.29) is 0 Å². The molecule has 0 spiro atoms. The summed E-state index contributed by atoms with van der Waals surface area (Å²) in [6.07, 6.45) is -4.00. The van der Waals surface area contributed by atoms with Gasteiger partial charge < -0.3 is 25.5 Å². The summed E-state index contributed by atoms with van der Waals surface area (Å²) in [5.41, 5.74) is 2.59. The fourth-order valence-corrected chi connectivity index (χ4v) is 1.91. The van der Waals surface area contributed by atoms with Crippen LogP contribution in [0, 0.1) is 0 Å². The highest BCUT2D eigenvalue weighted by molar-refractivity contribution is 5.90. The maximum Gasteiger partial charge on any atom is 0.176 e. The number of aliphatic hydroxyl groups is 5. The average Bonchev–Trinajstić information content (AvgIpc) is 2.59. The van der Waals surface area contributed by atoms with Crippen molar-refractivity contribution < 1.29 is 25.5 Å². The topological polar surface area (TPSA) is 151 Å². The molecule has 1 aromatic carbocycles. The zero-order valence-corrected chi connectivity index (χ0v) is 12.1. The Morgan fingerprint density at radius 2 is 1.87 bits per heavy atom. The fraction of sp³-hybridized carbons (Fsp3) is 0.357. The zero-order chi connectivity index (χ0) is 16.8. The van der Waals surface area contributed by atoms with Gasteiger partial charge in [0.1, 0.15) is 24.4 Å². The highest BCUT2D eigenvalue weighted by atomic mass is 16.4. The van der Waals surface area contributed by atoms with E-state index < -0.39 is 31.0 Å². The molecule has 124 valence electrons. The molecular weight excluding hydrogens is 304 g/mol. The highest BCUT2D eigenvalue weighted by Crippen LogP contribution is 2.18. The molecule has 2 rings (SSSR count). The number of aromatic nitrogens is 2. The van der Waals surface area contributed by atoms with Crippen LogP contribution in [0.3, 0.4) is 0 Å². The van der Waals surface area contributed by atoms with Crippen LogP contribution in [-0.4, -0.2) is 73.0 Å². The number of benzene rings is 1. The van der Waals surface area contributed by atoms with Gasteiger partial charge in [-0.2, -0.15) is 10.2 Å². The summed E-state index contributed by atoms with van der Waals surface area (Å²) in [5, 5.41) is 59.8. The molecule has 0 saturated carbocycles. The fourth-order valence-electron chi connectivity index (χ4n) is 1.91. The average molecular weight is 322 g/mol. The molecular formula is C14H18N4O5. The summed E-state index contributed by atoms with van der Waals surface area (Å²) < 4.78 is 0. The number of anilines is 1. The smallest absolute Gasteiger partial charge is 0.176 e. The predicted molar refractivity (Wildman–Crippen MR) is 82.8 cm³/mol. The van der Waals surface area contributed by atoms with Gasteiger partial charge in [0, 0.05) is 10.8 Å². The van der Waals surface area contributed by atoms with Crippen molar-refractivity contribution in [2.75, 3.05) is 12.0 Å². The molecule has 1 aromatic heterocycles. The van der Waals surface area contributed by atoms with Crippen LogP contribution >= 0.6 is 0 Å². The Balaban J connectivity index is 2.03. The summed E-state index contributed by atoms with van der Waals surface area (Å²) in [6.45, 7) is -0.744. The minimum atomic E-state index is -1.71. The Morgan fingerprint density at radius 3 is 2.61 bits per heavy atom. The summed E-state index contributed by atoms with van der Waals surface area (Å²) in [4.78, 5) is 0. The second-order valence-corrected chi connectivity index (χ2v) is 4.89. The Hall–Kier alpha value is -2.17. The maximum absolute atomic E-state index is 9.70. The van der Waals surface area contributed by atoms with E-state index in [4.69, 9.17) is 5.11 Å². The first-order valence-corrected chi connectivity index (χ1v) is 6.87. The Kier molecular flexibility index (Phi) is 5.90. The second kappa shape index (κ2) is 7.90. The standard InChI is InChI=1S/C14H18N4O5/c19-7-11(21)13(23)12(22)10(20)6-16-18-14-9-4-2-1-3-8(9)5-15-17-14/h1-6,10-13,19-23H,7H2,(H,17,18)/b16-6+. The molecule has 0 amide bonds. The van der Waals surface area contributed by atoms with E-state index in [1.807, 2.05) is 24.3 Å². The van der Waals surface area contributed by atoms with Gasteiger partial charge in [0.2, 0.25) is 0 Å². The molecule has 0 aliphatic carbocycles. The molecule has 1 heterocycles. The molecule has 4 unspecified atom stereocenters. The largest absolute Gasteiger partial charge is 0.394 e. The van der Waals surface area contributed by atoms with Gasteiger partial charge in [0.25, 0.3) is 0 Å². The lowest BCUT2D eigenvalue weighted by Crippen LogP contribution is -2.46. The lowest BCUT2D eigenvalue weighted by atomic mass is 10.0. The highest BCUT2D eigenvalue weighted by Gasteiger charge is 2.29. The van der Waals surface area contributed by atoms with Crippen LogP contribution in [0.25, 0.3) is 10.8 Å². The molecule has 0 fully saturated rings. The van der Waals surface area contributed by atoms with Crippen LogP contribution in [0.1, 0.15) is 0 Å². The van der Waals surface area contributed by atoms with Crippen molar-refractivity contribution in [3.8, 4) is 0 Å². The molecule has 0 radical (unpaired) electrons. The minimum Gasteiger partial charge on any atom is -0.394 e. The summed E-state index contributed by atoms with van der Waals surface area (Å²) in [6, 6.07) is 7.34. The zero-order valence-electron chi connectivity index (χ0n) is 12.1. The quantitative estimate of drug-likeness (QED) is 0.265. The number of nitrogens with one attached hydrogen (secondary N) is 1. The predicted octanol–water partition coefficient (Wildman–Crippen LogP) is -1.54. The molecule has 0 aliphatic rings. The number of rotatable bonds is 7. The summed E-state index contributed by atoms with van der Waals surface area (Å²) in [7, 11) is 0. The Labute approximate surface area is 131 Å². The monoisotopic (exact) mass is 322 g/mol. The number of hydrazone groups is 1. The van der Waals surface area contributed by atoms with Crippen LogP contribution in [0.2, 0.25) is 0 Å². The van der Waals surface area contributed by atoms with Crippen LogP contribution in [-0.2, 0) is 0 Å².